The standard InChI is InChI=1S/C12H11F3N2O/c1-5-8(12(18)17(2)3)9-10(15)6(13)4-7(14)11(9)16-5/h4,16H,1-3H3. The highest BCUT2D eigenvalue weighted by Gasteiger charge is 2.24. The summed E-state index contributed by atoms with van der Waals surface area (Å²) < 4.78 is 40.5. The maximum absolute atomic E-state index is 13.7. The van der Waals surface area contributed by atoms with Gasteiger partial charge in [-0.05, 0) is 6.92 Å². The molecule has 0 radical (unpaired) electrons. The Bertz CT molecular complexity index is 647. The van der Waals surface area contributed by atoms with Crippen LogP contribution in [-0.2, 0) is 0 Å². The van der Waals surface area contributed by atoms with Crippen LogP contribution in [0, 0.1) is 24.4 Å². The predicted octanol–water partition coefficient (Wildman–Crippen LogP) is 2.60. The monoisotopic (exact) mass is 256 g/mol. The summed E-state index contributed by atoms with van der Waals surface area (Å²) in [4.78, 5) is 15.7. The fourth-order valence-corrected chi connectivity index (χ4v) is 1.88. The van der Waals surface area contributed by atoms with Gasteiger partial charge in [0.15, 0.2) is 11.6 Å². The van der Waals surface area contributed by atoms with Gasteiger partial charge in [0, 0.05) is 25.9 Å². The van der Waals surface area contributed by atoms with Gasteiger partial charge in [-0.15, -0.1) is 0 Å². The average molecular weight is 256 g/mol. The second-order valence-corrected chi connectivity index (χ2v) is 4.23. The second-order valence-electron chi connectivity index (χ2n) is 4.23. The highest BCUT2D eigenvalue weighted by Crippen LogP contribution is 2.29. The van der Waals surface area contributed by atoms with Gasteiger partial charge in [0.1, 0.15) is 5.82 Å². The molecule has 2 aromatic rings. The largest absolute Gasteiger partial charge is 0.355 e. The Labute approximate surface area is 101 Å². The quantitative estimate of drug-likeness (QED) is 0.782. The third kappa shape index (κ3) is 1.64. The average Bonchev–Trinajstić information content (AvgIpc) is 2.63. The number of amides is 1. The molecular weight excluding hydrogens is 245 g/mol. The van der Waals surface area contributed by atoms with Crippen molar-refractivity contribution >= 4 is 16.8 Å². The predicted molar refractivity (Wildman–Crippen MR) is 60.9 cm³/mol. The van der Waals surface area contributed by atoms with Gasteiger partial charge in [0.2, 0.25) is 0 Å². The van der Waals surface area contributed by atoms with Crippen molar-refractivity contribution in [3.8, 4) is 0 Å². The normalized spacial score (nSPS) is 11.0. The Morgan fingerprint density at radius 3 is 2.39 bits per heavy atom. The molecule has 0 unspecified atom stereocenters. The van der Waals surface area contributed by atoms with E-state index in [4.69, 9.17) is 0 Å². The number of nitrogens with one attached hydrogen (secondary N) is 1. The van der Waals surface area contributed by atoms with Crippen LogP contribution >= 0.6 is 0 Å². The summed E-state index contributed by atoms with van der Waals surface area (Å²) in [6.07, 6.45) is 0. The van der Waals surface area contributed by atoms with E-state index in [9.17, 15) is 18.0 Å². The van der Waals surface area contributed by atoms with Gasteiger partial charge in [0.25, 0.3) is 5.91 Å². The molecule has 1 N–H and O–H groups in total. The molecule has 1 aromatic heterocycles. The summed E-state index contributed by atoms with van der Waals surface area (Å²) in [5.74, 6) is -3.97. The third-order valence-corrected chi connectivity index (χ3v) is 2.73. The number of H-pyrrole nitrogens is 1. The van der Waals surface area contributed by atoms with Crippen LogP contribution in [0.4, 0.5) is 13.2 Å². The fraction of sp³-hybridized carbons (Fsp3) is 0.250. The van der Waals surface area contributed by atoms with Gasteiger partial charge in [-0.3, -0.25) is 4.79 Å². The molecule has 0 saturated heterocycles. The van der Waals surface area contributed by atoms with Crippen molar-refractivity contribution in [1.82, 2.24) is 9.88 Å². The molecule has 0 aliphatic heterocycles. The van der Waals surface area contributed by atoms with E-state index in [1.807, 2.05) is 0 Å². The molecule has 1 heterocycles. The SMILES string of the molecule is Cc1[nH]c2c(F)cc(F)c(F)c2c1C(=O)N(C)C. The van der Waals surface area contributed by atoms with Gasteiger partial charge in [-0.2, -0.15) is 0 Å². The minimum absolute atomic E-state index is 0.0501. The Hall–Kier alpha value is -1.98. The molecule has 0 bridgehead atoms. The van der Waals surface area contributed by atoms with E-state index in [0.29, 0.717) is 11.8 Å². The van der Waals surface area contributed by atoms with Crippen molar-refractivity contribution in [2.24, 2.45) is 0 Å². The molecule has 0 aliphatic carbocycles. The molecule has 0 aliphatic rings. The Balaban J connectivity index is 2.90. The summed E-state index contributed by atoms with van der Waals surface area (Å²) in [6.45, 7) is 1.51. The zero-order chi connectivity index (χ0) is 13.6. The second kappa shape index (κ2) is 4.04. The molecule has 0 fully saturated rings. The van der Waals surface area contributed by atoms with Crippen molar-refractivity contribution in [2.75, 3.05) is 14.1 Å². The molecule has 18 heavy (non-hydrogen) atoms. The number of fused-ring (bicyclic) bond motifs is 1. The molecule has 3 nitrogen and oxygen atoms in total. The smallest absolute Gasteiger partial charge is 0.255 e. The van der Waals surface area contributed by atoms with Gasteiger partial charge in [-0.1, -0.05) is 0 Å². The van der Waals surface area contributed by atoms with E-state index in [2.05, 4.69) is 4.98 Å². The van der Waals surface area contributed by atoms with Crippen molar-refractivity contribution in [3.63, 3.8) is 0 Å². The van der Waals surface area contributed by atoms with E-state index in [1.54, 1.807) is 0 Å². The summed E-state index contributed by atoms with van der Waals surface area (Å²) in [5.41, 5.74) is 0.0506. The van der Waals surface area contributed by atoms with Crippen molar-refractivity contribution < 1.29 is 18.0 Å². The lowest BCUT2D eigenvalue weighted by molar-refractivity contribution is 0.0828. The molecular formula is C12H11F3N2O. The molecule has 2 rings (SSSR count). The minimum atomic E-state index is -1.31. The zero-order valence-electron chi connectivity index (χ0n) is 10.1. The minimum Gasteiger partial charge on any atom is -0.355 e. The molecule has 0 spiro atoms. The number of hydrogen-bond acceptors (Lipinski definition) is 1. The first-order valence-corrected chi connectivity index (χ1v) is 5.22. The van der Waals surface area contributed by atoms with Crippen LogP contribution in [0.2, 0.25) is 0 Å². The Morgan fingerprint density at radius 1 is 1.22 bits per heavy atom. The first-order chi connectivity index (χ1) is 8.34. The lowest BCUT2D eigenvalue weighted by Gasteiger charge is -2.10. The first-order valence-electron chi connectivity index (χ1n) is 5.22. The Kier molecular flexibility index (Phi) is 2.80. The molecule has 6 heteroatoms. The Morgan fingerprint density at radius 2 is 1.83 bits per heavy atom. The molecule has 1 amide bonds. The van der Waals surface area contributed by atoms with Gasteiger partial charge in [0.05, 0.1) is 16.5 Å². The van der Waals surface area contributed by atoms with Gasteiger partial charge < -0.3 is 9.88 Å². The number of nitrogens with zero attached hydrogens (tertiary/aromatic N) is 1. The molecule has 0 saturated carbocycles. The summed E-state index contributed by atoms with van der Waals surface area (Å²) in [6, 6.07) is 0.456. The van der Waals surface area contributed by atoms with Crippen LogP contribution in [0.5, 0.6) is 0 Å². The van der Waals surface area contributed by atoms with E-state index < -0.39 is 23.4 Å². The highest BCUT2D eigenvalue weighted by atomic mass is 19.2. The maximum atomic E-state index is 13.7. The lowest BCUT2D eigenvalue weighted by Crippen LogP contribution is -2.22. The third-order valence-electron chi connectivity index (χ3n) is 2.73. The number of aromatic amines is 1. The first kappa shape index (κ1) is 12.5. The topological polar surface area (TPSA) is 36.1 Å². The number of benzene rings is 1. The zero-order valence-corrected chi connectivity index (χ0v) is 10.1. The number of carbonyl (C=O) groups excluding carboxylic acids is 1. The number of aryl methyl sites for hydroxylation is 1. The summed E-state index contributed by atoms with van der Waals surface area (Å²) in [5, 5.41) is -0.344. The molecule has 1 aromatic carbocycles. The van der Waals surface area contributed by atoms with Crippen LogP contribution in [0.1, 0.15) is 16.1 Å². The summed E-state index contributed by atoms with van der Waals surface area (Å²) >= 11 is 0. The highest BCUT2D eigenvalue weighted by molar-refractivity contribution is 6.08. The molecule has 0 atom stereocenters. The van der Waals surface area contributed by atoms with Crippen LogP contribution in [0.15, 0.2) is 6.07 Å². The molecule has 96 valence electrons. The number of hydrogen-bond donors (Lipinski definition) is 1. The maximum Gasteiger partial charge on any atom is 0.255 e. The number of aromatic nitrogens is 1. The van der Waals surface area contributed by atoms with Gasteiger partial charge >= 0.3 is 0 Å². The van der Waals surface area contributed by atoms with E-state index in [0.717, 1.165) is 0 Å². The van der Waals surface area contributed by atoms with Crippen molar-refractivity contribution in [1.29, 1.82) is 0 Å². The van der Waals surface area contributed by atoms with E-state index in [1.165, 1.54) is 25.9 Å². The van der Waals surface area contributed by atoms with Crippen LogP contribution in [0.3, 0.4) is 0 Å². The van der Waals surface area contributed by atoms with Crippen LogP contribution < -0.4 is 0 Å². The summed E-state index contributed by atoms with van der Waals surface area (Å²) in [7, 11) is 2.96. The number of rotatable bonds is 1. The van der Waals surface area contributed by atoms with Gasteiger partial charge in [-0.25, -0.2) is 13.2 Å². The van der Waals surface area contributed by atoms with Crippen LogP contribution in [-0.4, -0.2) is 29.9 Å². The number of halogens is 3. The van der Waals surface area contributed by atoms with E-state index >= 15 is 0 Å². The fourth-order valence-electron chi connectivity index (χ4n) is 1.88. The number of carbonyl (C=O) groups is 1. The van der Waals surface area contributed by atoms with Crippen molar-refractivity contribution in [2.45, 2.75) is 6.92 Å². The van der Waals surface area contributed by atoms with E-state index in [-0.39, 0.29) is 16.5 Å². The lowest BCUT2D eigenvalue weighted by atomic mass is 10.1. The van der Waals surface area contributed by atoms with Crippen molar-refractivity contribution in [3.05, 3.63) is 34.8 Å². The van der Waals surface area contributed by atoms with Crippen LogP contribution in [0.25, 0.3) is 10.9 Å².